The molecule has 2 heterocycles. The Morgan fingerprint density at radius 1 is 1.36 bits per heavy atom. The number of alkyl halides is 3. The highest BCUT2D eigenvalue weighted by Gasteiger charge is 2.27. The topological polar surface area (TPSA) is 51.0 Å². The molecule has 0 N–H and O–H groups in total. The molecule has 0 aliphatic carbocycles. The predicted octanol–water partition coefficient (Wildman–Crippen LogP) is 2.82. The highest BCUT2D eigenvalue weighted by molar-refractivity contribution is 6.04. The van der Waals surface area contributed by atoms with Gasteiger partial charge in [0.2, 0.25) is 0 Å². The van der Waals surface area contributed by atoms with Crippen LogP contribution >= 0.6 is 0 Å². The summed E-state index contributed by atoms with van der Waals surface area (Å²) in [6, 6.07) is 3.10. The average Bonchev–Trinajstić information content (AvgIpc) is 2.92. The predicted molar refractivity (Wildman–Crippen MR) is 74.6 cm³/mol. The first-order chi connectivity index (χ1) is 10.3. The number of pyridine rings is 1. The van der Waals surface area contributed by atoms with Gasteiger partial charge in [0.25, 0.3) is 5.91 Å². The van der Waals surface area contributed by atoms with Crippen molar-refractivity contribution in [1.29, 1.82) is 0 Å². The number of amides is 1. The fourth-order valence-electron chi connectivity index (χ4n) is 1.97. The van der Waals surface area contributed by atoms with E-state index in [-0.39, 0.29) is 18.1 Å². The Hall–Kier alpha value is -2.38. The Morgan fingerprint density at radius 2 is 2.09 bits per heavy atom. The van der Waals surface area contributed by atoms with Gasteiger partial charge in [-0.05, 0) is 24.6 Å². The first kappa shape index (κ1) is 16.0. The van der Waals surface area contributed by atoms with Gasteiger partial charge in [-0.15, -0.1) is 0 Å². The molecule has 2 aromatic heterocycles. The van der Waals surface area contributed by atoms with Gasteiger partial charge in [-0.3, -0.25) is 14.5 Å². The van der Waals surface area contributed by atoms with Crippen LogP contribution in [-0.4, -0.2) is 33.9 Å². The minimum absolute atomic E-state index is 0.0980. The van der Waals surface area contributed by atoms with E-state index in [1.54, 1.807) is 25.5 Å². The zero-order chi connectivity index (χ0) is 16.3. The molecule has 0 aliphatic rings. The lowest BCUT2D eigenvalue weighted by Gasteiger charge is -2.17. The quantitative estimate of drug-likeness (QED) is 0.872. The molecule has 0 atom stereocenters. The van der Waals surface area contributed by atoms with E-state index in [4.69, 9.17) is 0 Å². The highest BCUT2D eigenvalue weighted by atomic mass is 19.4. The number of hydrogen-bond acceptors (Lipinski definition) is 3. The summed E-state index contributed by atoms with van der Waals surface area (Å²) >= 11 is 0. The Balaban J connectivity index is 2.10. The third kappa shape index (κ3) is 3.84. The highest BCUT2D eigenvalue weighted by Crippen LogP contribution is 2.21. The summed E-state index contributed by atoms with van der Waals surface area (Å²) in [6.45, 7) is 1.50. The number of aromatic nitrogens is 3. The van der Waals surface area contributed by atoms with E-state index in [0.717, 1.165) is 10.2 Å². The lowest BCUT2D eigenvalue weighted by atomic mass is 10.2. The Bertz CT molecular complexity index is 666. The minimum atomic E-state index is -4.25. The molecule has 118 valence electrons. The van der Waals surface area contributed by atoms with Crippen molar-refractivity contribution in [3.05, 3.63) is 42.0 Å². The van der Waals surface area contributed by atoms with Gasteiger partial charge in [-0.25, -0.2) is 0 Å². The fraction of sp³-hybridized carbons (Fsp3) is 0.357. The lowest BCUT2D eigenvalue weighted by Crippen LogP contribution is -2.27. The van der Waals surface area contributed by atoms with Crippen molar-refractivity contribution in [3.8, 4) is 0 Å². The van der Waals surface area contributed by atoms with Gasteiger partial charge in [0.05, 0.1) is 6.42 Å². The summed E-state index contributed by atoms with van der Waals surface area (Å²) in [5.41, 5.74) is 1.58. The van der Waals surface area contributed by atoms with Crippen molar-refractivity contribution < 1.29 is 18.0 Å². The smallest absolute Gasteiger partial charge is 0.310 e. The van der Waals surface area contributed by atoms with Crippen molar-refractivity contribution in [2.75, 3.05) is 11.9 Å². The molecule has 0 radical (unpaired) electrons. The summed E-state index contributed by atoms with van der Waals surface area (Å²) in [6.07, 6.45) is -0.677. The van der Waals surface area contributed by atoms with Crippen molar-refractivity contribution in [2.24, 2.45) is 0 Å². The second kappa shape index (κ2) is 6.17. The summed E-state index contributed by atoms with van der Waals surface area (Å²) in [4.78, 5) is 17.7. The lowest BCUT2D eigenvalue weighted by molar-refractivity contribution is -0.137. The summed E-state index contributed by atoms with van der Waals surface area (Å²) in [5.74, 6) is -0.389. The van der Waals surface area contributed by atoms with E-state index in [1.165, 1.54) is 17.2 Å². The molecule has 0 saturated carbocycles. The zero-order valence-corrected chi connectivity index (χ0v) is 12.1. The second-order valence-corrected chi connectivity index (χ2v) is 4.86. The number of carbonyl (C=O) groups excluding carboxylic acids is 1. The molecule has 8 heteroatoms. The minimum Gasteiger partial charge on any atom is -0.310 e. The molecule has 0 unspecified atom stereocenters. The standard InChI is InChI=1S/C14H15F3N4O/c1-10-9-18-6-3-12(10)20(2)13(22)11-4-7-21(19-11)8-5-14(15,16)17/h3-4,6-7,9H,5,8H2,1-2H3. The van der Waals surface area contributed by atoms with Crippen LogP contribution in [0.5, 0.6) is 0 Å². The van der Waals surface area contributed by atoms with Crippen LogP contribution in [-0.2, 0) is 6.54 Å². The van der Waals surface area contributed by atoms with Crippen LogP contribution in [0.25, 0.3) is 0 Å². The van der Waals surface area contributed by atoms with Gasteiger partial charge >= 0.3 is 6.18 Å². The molecule has 2 aromatic rings. The number of rotatable bonds is 4. The maximum atomic E-state index is 12.3. The summed E-state index contributed by atoms with van der Waals surface area (Å²) in [5, 5.41) is 3.90. The first-order valence-corrected chi connectivity index (χ1v) is 6.57. The van der Waals surface area contributed by atoms with Gasteiger partial charge in [0.1, 0.15) is 0 Å². The maximum Gasteiger partial charge on any atom is 0.390 e. The Morgan fingerprint density at radius 3 is 2.73 bits per heavy atom. The molecule has 0 saturated heterocycles. The molecule has 0 aromatic carbocycles. The maximum absolute atomic E-state index is 12.3. The molecule has 0 aliphatic heterocycles. The Kier molecular flexibility index (Phi) is 4.48. The van der Waals surface area contributed by atoms with Crippen LogP contribution in [0.15, 0.2) is 30.7 Å². The van der Waals surface area contributed by atoms with Crippen LogP contribution in [0.3, 0.4) is 0 Å². The van der Waals surface area contributed by atoms with Crippen LogP contribution in [0.2, 0.25) is 0 Å². The van der Waals surface area contributed by atoms with Gasteiger partial charge in [0.15, 0.2) is 5.69 Å². The summed E-state index contributed by atoms with van der Waals surface area (Å²) in [7, 11) is 1.58. The van der Waals surface area contributed by atoms with Crippen LogP contribution < -0.4 is 4.90 Å². The molecule has 1 amide bonds. The van der Waals surface area contributed by atoms with E-state index in [1.807, 2.05) is 6.92 Å². The van der Waals surface area contributed by atoms with Gasteiger partial charge < -0.3 is 4.90 Å². The second-order valence-electron chi connectivity index (χ2n) is 4.86. The third-order valence-electron chi connectivity index (χ3n) is 3.14. The fourth-order valence-corrected chi connectivity index (χ4v) is 1.97. The van der Waals surface area contributed by atoms with E-state index in [2.05, 4.69) is 10.1 Å². The molecule has 22 heavy (non-hydrogen) atoms. The van der Waals surface area contributed by atoms with Crippen molar-refractivity contribution >= 4 is 11.6 Å². The third-order valence-corrected chi connectivity index (χ3v) is 3.14. The molecule has 0 bridgehead atoms. The van der Waals surface area contributed by atoms with E-state index < -0.39 is 12.6 Å². The van der Waals surface area contributed by atoms with Gasteiger partial charge in [-0.1, -0.05) is 0 Å². The van der Waals surface area contributed by atoms with Crippen molar-refractivity contribution in [2.45, 2.75) is 26.1 Å². The normalized spacial score (nSPS) is 11.5. The van der Waals surface area contributed by atoms with Crippen molar-refractivity contribution in [1.82, 2.24) is 14.8 Å². The van der Waals surface area contributed by atoms with Gasteiger partial charge in [0, 0.05) is 37.9 Å². The van der Waals surface area contributed by atoms with E-state index in [9.17, 15) is 18.0 Å². The number of aryl methyl sites for hydroxylation is 2. The number of anilines is 1. The zero-order valence-electron chi connectivity index (χ0n) is 12.1. The van der Waals surface area contributed by atoms with Crippen molar-refractivity contribution in [3.63, 3.8) is 0 Å². The Labute approximate surface area is 125 Å². The molecule has 0 spiro atoms. The van der Waals surface area contributed by atoms with Gasteiger partial charge in [-0.2, -0.15) is 18.3 Å². The van der Waals surface area contributed by atoms with Crippen LogP contribution in [0, 0.1) is 6.92 Å². The number of halogens is 3. The van der Waals surface area contributed by atoms with Crippen LogP contribution in [0.4, 0.5) is 18.9 Å². The molecule has 2 rings (SSSR count). The SMILES string of the molecule is Cc1cnccc1N(C)C(=O)c1ccn(CCC(F)(F)F)n1. The molecular formula is C14H15F3N4O. The number of nitrogens with zero attached hydrogens (tertiary/aromatic N) is 4. The molecule has 5 nitrogen and oxygen atoms in total. The number of carbonyl (C=O) groups is 1. The largest absolute Gasteiger partial charge is 0.390 e. The van der Waals surface area contributed by atoms with Crippen LogP contribution in [0.1, 0.15) is 22.5 Å². The molecular weight excluding hydrogens is 297 g/mol. The molecule has 0 fully saturated rings. The van der Waals surface area contributed by atoms with E-state index in [0.29, 0.717) is 5.69 Å². The van der Waals surface area contributed by atoms with E-state index >= 15 is 0 Å². The first-order valence-electron chi connectivity index (χ1n) is 6.57. The monoisotopic (exact) mass is 312 g/mol. The summed E-state index contributed by atoms with van der Waals surface area (Å²) < 4.78 is 37.7. The average molecular weight is 312 g/mol. The number of hydrogen-bond donors (Lipinski definition) is 0.